The van der Waals surface area contributed by atoms with Crippen molar-refractivity contribution >= 4 is 36.6 Å². The minimum absolute atomic E-state index is 0.00271. The van der Waals surface area contributed by atoms with Gasteiger partial charge >= 0.3 is 0 Å². The second kappa shape index (κ2) is 25.2. The highest BCUT2D eigenvalue weighted by Gasteiger charge is 2.44. The number of hydrogen-bond donors (Lipinski definition) is 0. The molecule has 2 saturated heterocycles. The molecular formula is C51H92O11S2Si2. The largest absolute Gasteiger partial charge is 0.414 e. The van der Waals surface area contributed by atoms with Crippen LogP contribution in [0.2, 0.25) is 36.3 Å². The van der Waals surface area contributed by atoms with Crippen molar-refractivity contribution in [3.8, 4) is 0 Å². The van der Waals surface area contributed by atoms with E-state index in [9.17, 15) is 16.8 Å². The molecule has 0 spiro atoms. The molecular weight excluding hydrogens is 909 g/mol. The number of allylic oxidation sites excluding steroid dienone is 1. The van der Waals surface area contributed by atoms with Crippen LogP contribution in [-0.4, -0.2) is 108 Å². The van der Waals surface area contributed by atoms with Crippen molar-refractivity contribution < 1.29 is 48.8 Å². The van der Waals surface area contributed by atoms with E-state index in [0.29, 0.717) is 69.7 Å². The van der Waals surface area contributed by atoms with E-state index >= 15 is 0 Å². The number of benzene rings is 1. The van der Waals surface area contributed by atoms with Gasteiger partial charge in [0.25, 0.3) is 10.1 Å². The van der Waals surface area contributed by atoms with Crippen molar-refractivity contribution in [2.75, 3.05) is 31.8 Å². The summed E-state index contributed by atoms with van der Waals surface area (Å²) in [6.45, 7) is 40.9. The van der Waals surface area contributed by atoms with E-state index in [1.54, 1.807) is 12.1 Å². The first-order valence-electron chi connectivity index (χ1n) is 24.8. The number of hydrogen-bond acceptors (Lipinski definition) is 11. The van der Waals surface area contributed by atoms with Gasteiger partial charge in [-0.1, -0.05) is 86.3 Å². The maximum Gasteiger partial charge on any atom is 0.264 e. The normalized spacial score (nSPS) is 22.8. The Morgan fingerprint density at radius 1 is 0.833 bits per heavy atom. The molecule has 0 radical (unpaired) electrons. The molecule has 1 aromatic rings. The first kappa shape index (κ1) is 59.1. The molecule has 0 bridgehead atoms. The van der Waals surface area contributed by atoms with Crippen LogP contribution in [0, 0.1) is 11.8 Å². The van der Waals surface area contributed by atoms with Gasteiger partial charge in [0.2, 0.25) is 0 Å². The van der Waals surface area contributed by atoms with E-state index in [0.717, 1.165) is 48.6 Å². The Kier molecular flexibility index (Phi) is 22.6. The van der Waals surface area contributed by atoms with E-state index < -0.39 is 42.7 Å². The topological polar surface area (TPSA) is 133 Å². The fourth-order valence-corrected chi connectivity index (χ4v) is 13.2. The fourth-order valence-electron chi connectivity index (χ4n) is 8.48. The zero-order valence-electron chi connectivity index (χ0n) is 43.8. The summed E-state index contributed by atoms with van der Waals surface area (Å²) in [5.41, 5.74) is 3.04. The van der Waals surface area contributed by atoms with Crippen LogP contribution >= 0.6 is 0 Å². The maximum absolute atomic E-state index is 14.1. The summed E-state index contributed by atoms with van der Waals surface area (Å²) in [6, 6.07) is 7.25. The molecule has 1 aromatic carbocycles. The molecule has 382 valence electrons. The van der Waals surface area contributed by atoms with E-state index in [1.807, 2.05) is 26.0 Å². The average molecular weight is 1000 g/mol. The highest BCUT2D eigenvalue weighted by molar-refractivity contribution is 7.91. The molecule has 0 aliphatic carbocycles. The van der Waals surface area contributed by atoms with Crippen molar-refractivity contribution in [1.82, 2.24) is 0 Å². The van der Waals surface area contributed by atoms with Crippen LogP contribution in [-0.2, 0) is 58.4 Å². The lowest BCUT2D eigenvalue weighted by molar-refractivity contribution is -0.144. The lowest BCUT2D eigenvalue weighted by atomic mass is 9.88. The fraction of sp³-hybridized carbons (Fsp3) is 0.804. The Labute approximate surface area is 405 Å². The highest BCUT2D eigenvalue weighted by Crippen LogP contribution is 2.42. The zero-order valence-corrected chi connectivity index (χ0v) is 47.5. The first-order valence-corrected chi connectivity index (χ1v) is 34.1. The molecule has 3 rings (SSSR count). The van der Waals surface area contributed by atoms with Crippen molar-refractivity contribution in [3.63, 3.8) is 0 Å². The Morgan fingerprint density at radius 3 is 1.98 bits per heavy atom. The van der Waals surface area contributed by atoms with Crippen LogP contribution in [0.1, 0.15) is 139 Å². The molecule has 15 heteroatoms. The van der Waals surface area contributed by atoms with E-state index in [4.69, 9.17) is 32.0 Å². The molecule has 8 atom stereocenters. The third-order valence-electron chi connectivity index (χ3n) is 14.7. The molecule has 2 heterocycles. The van der Waals surface area contributed by atoms with Gasteiger partial charge in [0.15, 0.2) is 32.8 Å². The van der Waals surface area contributed by atoms with Gasteiger partial charge in [-0.05, 0) is 137 Å². The smallest absolute Gasteiger partial charge is 0.264 e. The van der Waals surface area contributed by atoms with Crippen molar-refractivity contribution in [2.24, 2.45) is 11.8 Å². The highest BCUT2D eigenvalue weighted by atomic mass is 32.2. The minimum atomic E-state index is -3.74. The molecule has 11 nitrogen and oxygen atoms in total. The SMILES string of the molecule is C=C(CC[C@@H]1O[C@H](C[C@@H](CO[Si](C)(C)C(C)(C)C)O[Si](C)(C)C(C)(C)C)C[C@H]1CS(=O)(=O)c1ccc(CC)cc1)C(C)C[C@@H](CC[C@@H]1O[C@@H](CCC(OCC)OCC)CC1=C)OS(C)(=O)=O. The van der Waals surface area contributed by atoms with E-state index in [2.05, 4.69) is 94.7 Å². The van der Waals surface area contributed by atoms with Gasteiger partial charge < -0.3 is 27.8 Å². The second-order valence-corrected chi connectivity index (χ2v) is 35.4. The number of ether oxygens (including phenoxy) is 4. The monoisotopic (exact) mass is 1000 g/mol. The van der Waals surface area contributed by atoms with Crippen molar-refractivity contribution in [2.45, 2.75) is 224 Å². The van der Waals surface area contributed by atoms with Crippen molar-refractivity contribution in [1.29, 1.82) is 0 Å². The zero-order chi connectivity index (χ0) is 49.9. The lowest BCUT2D eigenvalue weighted by Crippen LogP contribution is -2.48. The van der Waals surface area contributed by atoms with E-state index in [-0.39, 0.29) is 64.5 Å². The third kappa shape index (κ3) is 18.8. The van der Waals surface area contributed by atoms with Gasteiger partial charge in [-0.2, -0.15) is 8.42 Å². The number of sulfone groups is 1. The third-order valence-corrected chi connectivity index (χ3v) is 26.2. The molecule has 2 fully saturated rings. The average Bonchev–Trinajstić information content (AvgIpc) is 3.75. The summed E-state index contributed by atoms with van der Waals surface area (Å²) in [5.74, 6) is -0.329. The molecule has 0 N–H and O–H groups in total. The van der Waals surface area contributed by atoms with Crippen LogP contribution < -0.4 is 0 Å². The van der Waals surface area contributed by atoms with Crippen LogP contribution in [0.5, 0.6) is 0 Å². The molecule has 66 heavy (non-hydrogen) atoms. The first-order chi connectivity index (χ1) is 30.4. The molecule has 2 aliphatic heterocycles. The summed E-state index contributed by atoms with van der Waals surface area (Å²) in [7, 11) is -11.7. The predicted octanol–water partition coefficient (Wildman–Crippen LogP) is 12.0. The van der Waals surface area contributed by atoms with Gasteiger partial charge in [-0.3, -0.25) is 4.18 Å². The lowest BCUT2D eigenvalue weighted by Gasteiger charge is -2.42. The summed E-state index contributed by atoms with van der Waals surface area (Å²) in [6.07, 6.45) is 6.33. The standard InChI is InChI=1S/C51H92O11S2Si2/c1-18-40-22-26-46(27-23-40)64(54,55)36-41-33-44(34-45(62-66(16,17)51(10,11)12)35-58-65(14,15)50(7,8)9)60-48(41)28-21-37(4)38(5)31-43(61-63(13,52)53)24-29-47-39(6)32-42(59-47)25-30-49(56-19-2)57-20-3/h22-23,26-27,38,41-45,47-49H,4,6,18-21,24-25,28-36H2,1-3,5,7-17H3/t38?,41-,42-,43+,44-,45-,47-,48-/m0/s1. The minimum Gasteiger partial charge on any atom is -0.414 e. The van der Waals surface area contributed by atoms with Crippen LogP contribution in [0.4, 0.5) is 0 Å². The molecule has 2 aliphatic rings. The predicted molar refractivity (Wildman–Crippen MR) is 274 cm³/mol. The summed E-state index contributed by atoms with van der Waals surface area (Å²) >= 11 is 0. The Balaban J connectivity index is 1.77. The van der Waals surface area contributed by atoms with Crippen LogP contribution in [0.25, 0.3) is 0 Å². The van der Waals surface area contributed by atoms with Crippen molar-refractivity contribution in [3.05, 3.63) is 54.1 Å². The second-order valence-electron chi connectivity index (χ2n) is 22.2. The molecule has 1 unspecified atom stereocenters. The molecule has 0 saturated carbocycles. The number of rotatable bonds is 29. The van der Waals surface area contributed by atoms with E-state index in [1.165, 1.54) is 0 Å². The van der Waals surface area contributed by atoms with Gasteiger partial charge in [-0.15, -0.1) is 0 Å². The molecule has 0 amide bonds. The Bertz CT molecular complexity index is 1880. The Morgan fingerprint density at radius 2 is 1.44 bits per heavy atom. The van der Waals surface area contributed by atoms with Gasteiger partial charge in [0.1, 0.15) is 0 Å². The quantitative estimate of drug-likeness (QED) is 0.0329. The number of aryl methyl sites for hydroxylation is 1. The summed E-state index contributed by atoms with van der Waals surface area (Å²) < 4.78 is 97.5. The summed E-state index contributed by atoms with van der Waals surface area (Å²) in [5, 5.41) is 0.0320. The van der Waals surface area contributed by atoms with Gasteiger partial charge in [0.05, 0.1) is 60.1 Å². The van der Waals surface area contributed by atoms with Crippen LogP contribution in [0.15, 0.2) is 53.5 Å². The van der Waals surface area contributed by atoms with Crippen LogP contribution in [0.3, 0.4) is 0 Å². The molecule has 0 aromatic heterocycles. The summed E-state index contributed by atoms with van der Waals surface area (Å²) in [4.78, 5) is 0.331. The van der Waals surface area contributed by atoms with Gasteiger partial charge in [-0.25, -0.2) is 8.42 Å². The van der Waals surface area contributed by atoms with Gasteiger partial charge in [0, 0.05) is 32.0 Å². The Hall–Kier alpha value is -1.25. The maximum atomic E-state index is 14.1.